The second-order valence-corrected chi connectivity index (χ2v) is 19.9. The summed E-state index contributed by atoms with van der Waals surface area (Å²) in [5.41, 5.74) is 18.3. The Morgan fingerprint density at radius 2 is 0.940 bits per heavy atom. The molecule has 4 heteroatoms. The Hall–Kier alpha value is -8.18. The normalized spacial score (nSPS) is 14.9. The van der Waals surface area contributed by atoms with E-state index < -0.39 is 10.8 Å². The maximum atomic E-state index is 11.7. The van der Waals surface area contributed by atoms with Crippen molar-refractivity contribution >= 4 is 38.3 Å². The number of rotatable bonds is 5. The van der Waals surface area contributed by atoms with Crippen molar-refractivity contribution in [2.75, 3.05) is 0 Å². The third kappa shape index (κ3) is 6.03. The number of nitriles is 2. The quantitative estimate of drug-likeness (QED) is 0.173. The van der Waals surface area contributed by atoms with Gasteiger partial charge in [0.25, 0.3) is 0 Å². The van der Waals surface area contributed by atoms with E-state index in [1.165, 1.54) is 22.1 Å². The van der Waals surface area contributed by atoms with Crippen molar-refractivity contribution in [3.05, 3.63) is 221 Å². The van der Waals surface area contributed by atoms with Crippen molar-refractivity contribution in [2.45, 2.75) is 57.8 Å². The molecule has 0 saturated carbocycles. The van der Waals surface area contributed by atoms with Gasteiger partial charge in [-0.3, -0.25) is 0 Å². The standard InChI is InChI=1S/C63H48N4/c1-62(2,3)57-58-61(67-56-31-28-45(41-22-14-8-15-23-41)34-49(56)50-35-46(42-24-16-9-17-25-42)36-53(59(50)67)63(58,4)5)52(38-65)51(37-64)60(57)66-54-29-26-43(39-18-10-6-11-19-39)32-47(54)48-33-44(27-30-55(48)66)40-20-12-7-13-21-40/h6-34,36,46H,35H2,1-5H3. The van der Waals surface area contributed by atoms with Crippen LogP contribution in [0.25, 0.3) is 83.0 Å². The second kappa shape index (κ2) is 14.9. The van der Waals surface area contributed by atoms with Crippen molar-refractivity contribution in [3.63, 3.8) is 0 Å². The molecular formula is C63H48N4. The van der Waals surface area contributed by atoms with Gasteiger partial charge in [-0.25, -0.2) is 0 Å². The highest BCUT2D eigenvalue weighted by Gasteiger charge is 2.47. The van der Waals surface area contributed by atoms with Gasteiger partial charge < -0.3 is 9.13 Å². The van der Waals surface area contributed by atoms with E-state index in [2.05, 4.69) is 238 Å². The lowest BCUT2D eigenvalue weighted by atomic mass is 9.63. The molecule has 3 heterocycles. The van der Waals surface area contributed by atoms with E-state index in [0.29, 0.717) is 11.1 Å². The molecule has 4 nitrogen and oxygen atoms in total. The SMILES string of the molecule is CC(C)(C)c1c(-n2c3ccc(-c4ccccc4)cc3c3cc(-c4ccccc4)ccc32)c(C#N)c(C#N)c2c1C(C)(C)C1=CC(c3ccccc3)Cc3c1n-2c1ccc(-c2ccccc2)cc31. The molecule has 0 amide bonds. The molecule has 1 aliphatic carbocycles. The third-order valence-corrected chi connectivity index (χ3v) is 14.6. The van der Waals surface area contributed by atoms with Crippen LogP contribution in [0.15, 0.2) is 182 Å². The predicted molar refractivity (Wildman–Crippen MR) is 276 cm³/mol. The molecule has 8 aromatic carbocycles. The summed E-state index contributed by atoms with van der Waals surface area (Å²) in [6.07, 6.45) is 3.34. The average molecular weight is 861 g/mol. The van der Waals surface area contributed by atoms with Gasteiger partial charge in [0.05, 0.1) is 44.7 Å². The molecule has 0 bridgehead atoms. The summed E-state index contributed by atoms with van der Waals surface area (Å²) in [5, 5.41) is 26.8. The highest BCUT2D eigenvalue weighted by molar-refractivity contribution is 6.12. The molecule has 320 valence electrons. The Morgan fingerprint density at radius 3 is 1.40 bits per heavy atom. The summed E-state index contributed by atoms with van der Waals surface area (Å²) in [4.78, 5) is 0. The van der Waals surface area contributed by atoms with Crippen molar-refractivity contribution < 1.29 is 0 Å². The van der Waals surface area contributed by atoms with Gasteiger partial charge in [-0.2, -0.15) is 10.5 Å². The summed E-state index contributed by atoms with van der Waals surface area (Å²) in [7, 11) is 0. The van der Waals surface area contributed by atoms with Crippen LogP contribution >= 0.6 is 0 Å². The van der Waals surface area contributed by atoms with E-state index in [4.69, 9.17) is 0 Å². The van der Waals surface area contributed by atoms with Crippen LogP contribution in [0, 0.1) is 22.7 Å². The minimum Gasteiger partial charge on any atom is -0.308 e. The van der Waals surface area contributed by atoms with Crippen LogP contribution in [-0.4, -0.2) is 9.13 Å². The summed E-state index contributed by atoms with van der Waals surface area (Å²) < 4.78 is 4.68. The van der Waals surface area contributed by atoms with Crippen LogP contribution in [0.2, 0.25) is 0 Å². The van der Waals surface area contributed by atoms with E-state index in [-0.39, 0.29) is 5.92 Å². The molecule has 0 N–H and O–H groups in total. The number of nitrogens with zero attached hydrogens (tertiary/aromatic N) is 4. The average Bonchev–Trinajstić information content (AvgIpc) is 3.87. The lowest BCUT2D eigenvalue weighted by Gasteiger charge is -2.44. The molecule has 0 saturated heterocycles. The topological polar surface area (TPSA) is 57.4 Å². The van der Waals surface area contributed by atoms with Crippen molar-refractivity contribution in [1.29, 1.82) is 10.5 Å². The van der Waals surface area contributed by atoms with Crippen molar-refractivity contribution in [1.82, 2.24) is 9.13 Å². The third-order valence-electron chi connectivity index (χ3n) is 14.6. The highest BCUT2D eigenvalue weighted by Crippen LogP contribution is 2.58. The van der Waals surface area contributed by atoms with Crippen molar-refractivity contribution in [3.8, 4) is 56.9 Å². The van der Waals surface area contributed by atoms with Gasteiger partial charge in [-0.05, 0) is 109 Å². The molecule has 0 fully saturated rings. The van der Waals surface area contributed by atoms with Crippen LogP contribution in [0.3, 0.4) is 0 Å². The van der Waals surface area contributed by atoms with E-state index in [1.54, 1.807) is 0 Å². The number of benzene rings is 8. The first kappa shape index (κ1) is 40.3. The molecular weight excluding hydrogens is 813 g/mol. The van der Waals surface area contributed by atoms with E-state index >= 15 is 0 Å². The molecule has 1 unspecified atom stereocenters. The summed E-state index contributed by atoms with van der Waals surface area (Å²) >= 11 is 0. The number of aromatic nitrogens is 2. The Labute approximate surface area is 391 Å². The summed E-state index contributed by atoms with van der Waals surface area (Å²) in [6.45, 7) is 11.5. The van der Waals surface area contributed by atoms with Gasteiger partial charge in [0.1, 0.15) is 12.1 Å². The maximum absolute atomic E-state index is 11.7. The highest BCUT2D eigenvalue weighted by atomic mass is 15.0. The van der Waals surface area contributed by atoms with Crippen LogP contribution in [0.1, 0.15) is 79.6 Å². The molecule has 12 rings (SSSR count). The van der Waals surface area contributed by atoms with Gasteiger partial charge in [0.15, 0.2) is 0 Å². The van der Waals surface area contributed by atoms with E-state index in [9.17, 15) is 10.5 Å². The Bertz CT molecular complexity index is 3670. The molecule has 2 aromatic heterocycles. The lowest BCUT2D eigenvalue weighted by molar-refractivity contribution is 0.549. The van der Waals surface area contributed by atoms with E-state index in [1.807, 2.05) is 0 Å². The number of fused-ring (bicyclic) bond motifs is 8. The summed E-state index contributed by atoms with van der Waals surface area (Å²) in [6, 6.07) is 68.2. The zero-order valence-electron chi connectivity index (χ0n) is 38.4. The first-order chi connectivity index (χ1) is 32.6. The van der Waals surface area contributed by atoms with Crippen molar-refractivity contribution in [2.24, 2.45) is 0 Å². The van der Waals surface area contributed by atoms with Crippen LogP contribution in [0.5, 0.6) is 0 Å². The fourth-order valence-corrected chi connectivity index (χ4v) is 11.6. The molecule has 2 aliphatic rings. The zero-order chi connectivity index (χ0) is 45.8. The predicted octanol–water partition coefficient (Wildman–Crippen LogP) is 15.8. The Morgan fingerprint density at radius 1 is 0.507 bits per heavy atom. The fourth-order valence-electron chi connectivity index (χ4n) is 11.6. The smallest absolute Gasteiger partial charge is 0.103 e. The van der Waals surface area contributed by atoms with Gasteiger partial charge in [0.2, 0.25) is 0 Å². The second-order valence-electron chi connectivity index (χ2n) is 19.9. The molecule has 1 atom stereocenters. The number of hydrogen-bond acceptors (Lipinski definition) is 2. The molecule has 67 heavy (non-hydrogen) atoms. The molecule has 0 radical (unpaired) electrons. The molecule has 1 aliphatic heterocycles. The van der Waals surface area contributed by atoms with Gasteiger partial charge in [0, 0.05) is 27.5 Å². The van der Waals surface area contributed by atoms with Gasteiger partial charge in [-0.15, -0.1) is 0 Å². The fraction of sp³-hybridized carbons (Fsp3) is 0.143. The Kier molecular flexibility index (Phi) is 8.99. The first-order valence-corrected chi connectivity index (χ1v) is 23.3. The zero-order valence-corrected chi connectivity index (χ0v) is 38.4. The van der Waals surface area contributed by atoms with Gasteiger partial charge >= 0.3 is 0 Å². The van der Waals surface area contributed by atoms with Gasteiger partial charge in [-0.1, -0.05) is 180 Å². The lowest BCUT2D eigenvalue weighted by Crippen LogP contribution is -2.36. The van der Waals surface area contributed by atoms with Crippen LogP contribution in [0.4, 0.5) is 0 Å². The maximum Gasteiger partial charge on any atom is 0.103 e. The van der Waals surface area contributed by atoms with E-state index in [0.717, 1.165) is 95.3 Å². The molecule has 10 aromatic rings. The number of allylic oxidation sites excluding steroid dienone is 2. The van der Waals surface area contributed by atoms with Crippen LogP contribution in [-0.2, 0) is 17.3 Å². The minimum atomic E-state index is -0.583. The monoisotopic (exact) mass is 860 g/mol. The Balaban J connectivity index is 1.23. The first-order valence-electron chi connectivity index (χ1n) is 23.3. The number of hydrogen-bond donors (Lipinski definition) is 0. The summed E-state index contributed by atoms with van der Waals surface area (Å²) in [5.74, 6) is 0.144. The van der Waals surface area contributed by atoms with Crippen LogP contribution < -0.4 is 0 Å². The largest absolute Gasteiger partial charge is 0.308 e. The minimum absolute atomic E-state index is 0.144. The molecule has 0 spiro atoms.